The largest absolute Gasteiger partial charge is 0.486 e. The van der Waals surface area contributed by atoms with Crippen LogP contribution in [0.25, 0.3) is 16.4 Å². The summed E-state index contributed by atoms with van der Waals surface area (Å²) in [6, 6.07) is 22.1. The van der Waals surface area contributed by atoms with Crippen molar-refractivity contribution in [3.05, 3.63) is 95.4 Å². The van der Waals surface area contributed by atoms with Crippen LogP contribution in [-0.4, -0.2) is 31.7 Å². The van der Waals surface area contributed by atoms with E-state index >= 15 is 0 Å². The Balaban J connectivity index is 1.10. The molecule has 3 heterocycles. The zero-order chi connectivity index (χ0) is 24.6. The highest BCUT2D eigenvalue weighted by atomic mass is 16.5. The van der Waals surface area contributed by atoms with Crippen LogP contribution in [-0.2, 0) is 16.1 Å². The Morgan fingerprint density at radius 1 is 1.00 bits per heavy atom. The third kappa shape index (κ3) is 3.90. The van der Waals surface area contributed by atoms with Crippen LogP contribution in [0.2, 0.25) is 0 Å². The number of benzene rings is 3. The average Bonchev–Trinajstić information content (AvgIpc) is 3.44. The predicted octanol–water partition coefficient (Wildman–Crippen LogP) is 4.41. The lowest BCUT2D eigenvalue weighted by atomic mass is 10.0. The Hall–Kier alpha value is -4.79. The molecule has 0 fully saturated rings. The van der Waals surface area contributed by atoms with E-state index in [2.05, 4.69) is 20.6 Å². The van der Waals surface area contributed by atoms with E-state index in [-0.39, 0.29) is 18.9 Å². The number of nitrogens with zero attached hydrogens (tertiary/aromatic N) is 4. The summed E-state index contributed by atoms with van der Waals surface area (Å²) in [7, 11) is 0. The SMILES string of the molecule is Cc1nn2c(COc3ccc(NC(=O)C[C@@H]4OC(=O)c5ccccc54)cc3)nnc2c2ccccc12. The highest BCUT2D eigenvalue weighted by Gasteiger charge is 2.32. The van der Waals surface area contributed by atoms with Gasteiger partial charge >= 0.3 is 5.97 Å². The van der Waals surface area contributed by atoms with Gasteiger partial charge in [-0.2, -0.15) is 9.61 Å². The number of aromatic nitrogens is 4. The molecule has 0 saturated heterocycles. The molecule has 9 nitrogen and oxygen atoms in total. The van der Waals surface area contributed by atoms with Gasteiger partial charge in [0.1, 0.15) is 18.5 Å². The maximum atomic E-state index is 12.5. The number of cyclic esters (lactones) is 1. The Kier molecular flexibility index (Phi) is 5.29. The van der Waals surface area contributed by atoms with Crippen molar-refractivity contribution >= 4 is 34.0 Å². The first-order valence-electron chi connectivity index (χ1n) is 11.5. The van der Waals surface area contributed by atoms with Crippen molar-refractivity contribution < 1.29 is 19.1 Å². The standard InChI is InChI=1S/C27H21N5O4/c1-16-19-6-2-4-8-21(19)26-30-29-24(32(26)31-16)15-35-18-12-10-17(11-13-18)28-25(33)14-23-20-7-3-5-9-22(20)27(34)36-23/h2-13,23H,14-15H2,1H3,(H,28,33)/t23-/m0/s1. The van der Waals surface area contributed by atoms with Crippen LogP contribution in [0.15, 0.2) is 72.8 Å². The van der Waals surface area contributed by atoms with Gasteiger partial charge in [0.25, 0.3) is 0 Å². The van der Waals surface area contributed by atoms with E-state index in [9.17, 15) is 9.59 Å². The zero-order valence-electron chi connectivity index (χ0n) is 19.3. The number of rotatable bonds is 6. The number of ether oxygens (including phenoxy) is 2. The van der Waals surface area contributed by atoms with Gasteiger partial charge in [-0.3, -0.25) is 4.79 Å². The lowest BCUT2D eigenvalue weighted by Crippen LogP contribution is -2.15. The van der Waals surface area contributed by atoms with E-state index in [1.54, 1.807) is 40.9 Å². The molecule has 9 heteroatoms. The number of hydrogen-bond donors (Lipinski definition) is 1. The molecule has 0 aliphatic carbocycles. The summed E-state index contributed by atoms with van der Waals surface area (Å²) in [6.07, 6.45) is -0.536. The molecule has 0 spiro atoms. The molecular formula is C27H21N5O4. The van der Waals surface area contributed by atoms with Crippen molar-refractivity contribution in [2.24, 2.45) is 0 Å². The van der Waals surface area contributed by atoms with E-state index in [0.29, 0.717) is 28.5 Å². The third-order valence-electron chi connectivity index (χ3n) is 6.17. The van der Waals surface area contributed by atoms with Gasteiger partial charge in [-0.15, -0.1) is 10.2 Å². The van der Waals surface area contributed by atoms with Crippen molar-refractivity contribution in [1.29, 1.82) is 0 Å². The lowest BCUT2D eigenvalue weighted by Gasteiger charge is -2.11. The van der Waals surface area contributed by atoms with Crippen LogP contribution in [0.4, 0.5) is 5.69 Å². The molecule has 178 valence electrons. The monoisotopic (exact) mass is 479 g/mol. The van der Waals surface area contributed by atoms with Crippen molar-refractivity contribution in [2.45, 2.75) is 26.1 Å². The predicted molar refractivity (Wildman–Crippen MR) is 132 cm³/mol. The normalized spacial score (nSPS) is 14.6. The van der Waals surface area contributed by atoms with Gasteiger partial charge in [-0.05, 0) is 37.3 Å². The molecule has 1 amide bonds. The molecule has 0 saturated carbocycles. The quantitative estimate of drug-likeness (QED) is 0.360. The van der Waals surface area contributed by atoms with Gasteiger partial charge in [0, 0.05) is 22.0 Å². The number of aryl methyl sites for hydroxylation is 1. The molecule has 5 aromatic rings. The summed E-state index contributed by atoms with van der Waals surface area (Å²) in [5.74, 6) is 0.550. The molecule has 3 aromatic carbocycles. The molecule has 0 unspecified atom stereocenters. The smallest absolute Gasteiger partial charge is 0.339 e. The number of amides is 1. The minimum atomic E-state index is -0.580. The van der Waals surface area contributed by atoms with Crippen LogP contribution in [0, 0.1) is 6.92 Å². The minimum absolute atomic E-state index is 0.0437. The Labute approximate surface area is 205 Å². The fourth-order valence-electron chi connectivity index (χ4n) is 4.41. The van der Waals surface area contributed by atoms with Crippen molar-refractivity contribution in [3.8, 4) is 5.75 Å². The van der Waals surface area contributed by atoms with Crippen LogP contribution in [0.5, 0.6) is 5.75 Å². The molecule has 1 aliphatic heterocycles. The molecular weight excluding hydrogens is 458 g/mol. The molecule has 1 atom stereocenters. The first-order valence-corrected chi connectivity index (χ1v) is 11.5. The van der Waals surface area contributed by atoms with Crippen molar-refractivity contribution in [1.82, 2.24) is 19.8 Å². The fourth-order valence-corrected chi connectivity index (χ4v) is 4.41. The summed E-state index contributed by atoms with van der Waals surface area (Å²) in [5.41, 5.74) is 3.43. The van der Waals surface area contributed by atoms with E-state index < -0.39 is 12.1 Å². The summed E-state index contributed by atoms with van der Waals surface area (Å²) < 4.78 is 13.0. The van der Waals surface area contributed by atoms with Crippen molar-refractivity contribution in [3.63, 3.8) is 0 Å². The average molecular weight is 479 g/mol. The van der Waals surface area contributed by atoms with Crippen LogP contribution in [0.3, 0.4) is 0 Å². The second kappa shape index (κ2) is 8.77. The number of carbonyl (C=O) groups excluding carboxylic acids is 2. The van der Waals surface area contributed by atoms with E-state index in [0.717, 1.165) is 22.0 Å². The van der Waals surface area contributed by atoms with E-state index in [1.807, 2.05) is 43.3 Å². The molecule has 36 heavy (non-hydrogen) atoms. The number of hydrogen-bond acceptors (Lipinski definition) is 7. The van der Waals surface area contributed by atoms with E-state index in [4.69, 9.17) is 9.47 Å². The summed E-state index contributed by atoms with van der Waals surface area (Å²) in [6.45, 7) is 2.14. The first-order chi connectivity index (χ1) is 17.6. The third-order valence-corrected chi connectivity index (χ3v) is 6.17. The maximum absolute atomic E-state index is 12.5. The van der Waals surface area contributed by atoms with Gasteiger partial charge < -0.3 is 14.8 Å². The molecule has 0 radical (unpaired) electrons. The number of carbonyl (C=O) groups is 2. The van der Waals surface area contributed by atoms with Crippen molar-refractivity contribution in [2.75, 3.05) is 5.32 Å². The molecule has 0 bridgehead atoms. The molecule has 1 aliphatic rings. The number of nitrogens with one attached hydrogen (secondary N) is 1. The highest BCUT2D eigenvalue weighted by Crippen LogP contribution is 2.33. The second-order valence-corrected chi connectivity index (χ2v) is 8.53. The Morgan fingerprint density at radius 2 is 1.75 bits per heavy atom. The van der Waals surface area contributed by atoms with E-state index in [1.165, 1.54) is 0 Å². The fraction of sp³-hybridized carbons (Fsp3) is 0.148. The minimum Gasteiger partial charge on any atom is -0.486 e. The summed E-state index contributed by atoms with van der Waals surface area (Å²) in [4.78, 5) is 24.5. The highest BCUT2D eigenvalue weighted by molar-refractivity contribution is 5.96. The second-order valence-electron chi connectivity index (χ2n) is 8.53. The number of esters is 1. The summed E-state index contributed by atoms with van der Waals surface area (Å²) in [5, 5.41) is 18.0. The van der Waals surface area contributed by atoms with Gasteiger partial charge in [0.15, 0.2) is 11.5 Å². The Bertz CT molecular complexity index is 1630. The Morgan fingerprint density at radius 3 is 2.58 bits per heavy atom. The van der Waals surface area contributed by atoms with Crippen LogP contribution < -0.4 is 10.1 Å². The van der Waals surface area contributed by atoms with Crippen LogP contribution >= 0.6 is 0 Å². The molecule has 2 aromatic heterocycles. The topological polar surface area (TPSA) is 108 Å². The lowest BCUT2D eigenvalue weighted by molar-refractivity contribution is -0.118. The first kappa shape index (κ1) is 21.7. The molecule has 1 N–H and O–H groups in total. The number of anilines is 1. The van der Waals surface area contributed by atoms with Gasteiger partial charge in [-0.1, -0.05) is 42.5 Å². The van der Waals surface area contributed by atoms with Gasteiger partial charge in [0.05, 0.1) is 17.7 Å². The molecule has 6 rings (SSSR count). The van der Waals surface area contributed by atoms with Crippen LogP contribution in [0.1, 0.15) is 40.0 Å². The van der Waals surface area contributed by atoms with Gasteiger partial charge in [0.2, 0.25) is 5.91 Å². The maximum Gasteiger partial charge on any atom is 0.339 e. The zero-order valence-corrected chi connectivity index (χ0v) is 19.3. The number of fused-ring (bicyclic) bond motifs is 4. The van der Waals surface area contributed by atoms with Gasteiger partial charge in [-0.25, -0.2) is 4.79 Å². The summed E-state index contributed by atoms with van der Waals surface area (Å²) >= 11 is 0.